The highest BCUT2D eigenvalue weighted by atomic mass is 16.5. The monoisotopic (exact) mass is 440 g/mol. The second-order valence-corrected chi connectivity index (χ2v) is 7.51. The van der Waals surface area contributed by atoms with Gasteiger partial charge in [0.05, 0.1) is 19.3 Å². The van der Waals surface area contributed by atoms with Crippen molar-refractivity contribution in [2.45, 2.75) is 13.5 Å². The molecule has 0 aliphatic rings. The lowest BCUT2D eigenvalue weighted by molar-refractivity contribution is 0.0598. The molecule has 33 heavy (non-hydrogen) atoms. The number of hydrogen-bond donors (Lipinski definition) is 0. The lowest BCUT2D eigenvalue weighted by atomic mass is 9.95. The smallest absolute Gasteiger partial charge is 0.344 e. The van der Waals surface area contributed by atoms with Crippen molar-refractivity contribution in [1.82, 2.24) is 9.78 Å². The Morgan fingerprint density at radius 2 is 1.48 bits per heavy atom. The van der Waals surface area contributed by atoms with Crippen LogP contribution in [0, 0.1) is 6.92 Å². The van der Waals surface area contributed by atoms with E-state index in [2.05, 4.69) is 5.10 Å². The van der Waals surface area contributed by atoms with Crippen LogP contribution < -0.4 is 10.3 Å². The molecule has 0 aliphatic heterocycles. The zero-order valence-corrected chi connectivity index (χ0v) is 18.5. The summed E-state index contributed by atoms with van der Waals surface area (Å²) in [5, 5.41) is 4.66. The topological polar surface area (TPSA) is 70.4 Å². The minimum Gasteiger partial charge on any atom is -0.492 e. The molecule has 166 valence electrons. The molecule has 4 aromatic rings. The van der Waals surface area contributed by atoms with Crippen LogP contribution >= 0.6 is 0 Å². The Kier molecular flexibility index (Phi) is 6.64. The average Bonchev–Trinajstić information content (AvgIpc) is 2.86. The van der Waals surface area contributed by atoms with Crippen LogP contribution in [0.1, 0.15) is 15.9 Å². The predicted octanol–water partition coefficient (Wildman–Crippen LogP) is 4.75. The van der Waals surface area contributed by atoms with E-state index < -0.39 is 11.5 Å². The fourth-order valence-corrected chi connectivity index (χ4v) is 3.58. The van der Waals surface area contributed by atoms with E-state index in [9.17, 15) is 9.59 Å². The summed E-state index contributed by atoms with van der Waals surface area (Å²) >= 11 is 0. The fourth-order valence-electron chi connectivity index (χ4n) is 3.58. The van der Waals surface area contributed by atoms with E-state index >= 15 is 0 Å². The molecule has 0 saturated heterocycles. The molecule has 0 aliphatic carbocycles. The Balaban J connectivity index is 1.82. The van der Waals surface area contributed by atoms with Crippen molar-refractivity contribution in [2.75, 3.05) is 13.7 Å². The molecule has 1 heterocycles. The number of nitrogens with zero attached hydrogens (tertiary/aromatic N) is 2. The molecular weight excluding hydrogens is 416 g/mol. The first-order chi connectivity index (χ1) is 16.1. The van der Waals surface area contributed by atoms with Gasteiger partial charge in [-0.15, -0.1) is 0 Å². The van der Waals surface area contributed by atoms with Crippen molar-refractivity contribution < 1.29 is 14.3 Å². The van der Waals surface area contributed by atoms with Crippen LogP contribution in [0.4, 0.5) is 0 Å². The van der Waals surface area contributed by atoms with E-state index in [1.54, 1.807) is 0 Å². The largest absolute Gasteiger partial charge is 0.492 e. The van der Waals surface area contributed by atoms with Gasteiger partial charge < -0.3 is 9.47 Å². The number of methoxy groups -OCH3 is 1. The van der Waals surface area contributed by atoms with Crippen LogP contribution in [0.3, 0.4) is 0 Å². The summed E-state index contributed by atoms with van der Waals surface area (Å²) < 4.78 is 12.1. The molecule has 0 unspecified atom stereocenters. The molecule has 4 rings (SSSR count). The van der Waals surface area contributed by atoms with Crippen LogP contribution in [0.25, 0.3) is 22.4 Å². The van der Waals surface area contributed by atoms with Crippen LogP contribution in [0.15, 0.2) is 89.7 Å². The summed E-state index contributed by atoms with van der Waals surface area (Å²) in [5.74, 6) is -0.00216. The molecule has 0 bridgehead atoms. The maximum Gasteiger partial charge on any atom is 0.344 e. The van der Waals surface area contributed by atoms with Crippen molar-refractivity contribution >= 4 is 5.97 Å². The van der Waals surface area contributed by atoms with Gasteiger partial charge in [-0.2, -0.15) is 5.10 Å². The van der Waals surface area contributed by atoms with Crippen LogP contribution in [0.2, 0.25) is 0 Å². The zero-order chi connectivity index (χ0) is 23.2. The van der Waals surface area contributed by atoms with Crippen molar-refractivity contribution in [3.63, 3.8) is 0 Å². The molecule has 0 radical (unpaired) electrons. The number of rotatable bonds is 7. The molecular formula is C27H24N2O4. The molecule has 6 nitrogen and oxygen atoms in total. The Hall–Kier alpha value is -4.19. The highest BCUT2D eigenvalue weighted by molar-refractivity contribution is 6.00. The highest BCUT2D eigenvalue weighted by Crippen LogP contribution is 2.32. The maximum absolute atomic E-state index is 13.4. The third-order valence-electron chi connectivity index (χ3n) is 5.25. The van der Waals surface area contributed by atoms with Crippen molar-refractivity contribution in [1.29, 1.82) is 0 Å². The number of aryl methyl sites for hydroxylation is 1. The Morgan fingerprint density at radius 3 is 2.09 bits per heavy atom. The normalized spacial score (nSPS) is 10.6. The molecule has 0 atom stereocenters. The number of ether oxygens (including phenoxy) is 2. The summed E-state index contributed by atoms with van der Waals surface area (Å²) in [5.41, 5.74) is 3.04. The number of carbonyl (C=O) groups excluding carboxylic acids is 1. The second-order valence-electron chi connectivity index (χ2n) is 7.51. The summed E-state index contributed by atoms with van der Waals surface area (Å²) in [7, 11) is 1.27. The van der Waals surface area contributed by atoms with E-state index in [1.807, 2.05) is 91.9 Å². The molecule has 0 saturated carbocycles. The van der Waals surface area contributed by atoms with Crippen LogP contribution in [0.5, 0.6) is 5.75 Å². The standard InChI is InChI=1S/C27H24N2O4/c1-19-13-15-22(16-14-19)33-18-17-29-26(30)24(27(31)32-2)23(20-9-5-3-6-10-20)25(28-29)21-11-7-4-8-12-21/h3-16H,17-18H2,1-2H3. The van der Waals surface area contributed by atoms with Crippen molar-refractivity contribution in [2.24, 2.45) is 0 Å². The summed E-state index contributed by atoms with van der Waals surface area (Å²) in [6.07, 6.45) is 0. The minimum absolute atomic E-state index is 0.0483. The summed E-state index contributed by atoms with van der Waals surface area (Å²) in [6, 6.07) is 26.4. The fraction of sp³-hybridized carbons (Fsp3) is 0.148. The van der Waals surface area contributed by atoms with Gasteiger partial charge in [-0.25, -0.2) is 9.48 Å². The number of aromatic nitrogens is 2. The van der Waals surface area contributed by atoms with E-state index in [0.717, 1.165) is 11.1 Å². The number of benzene rings is 3. The SMILES string of the molecule is COC(=O)c1c(-c2ccccc2)c(-c2ccccc2)nn(CCOc2ccc(C)cc2)c1=O. The predicted molar refractivity (Wildman–Crippen MR) is 127 cm³/mol. The molecule has 6 heteroatoms. The number of esters is 1. The summed E-state index contributed by atoms with van der Waals surface area (Å²) in [6.45, 7) is 2.39. The van der Waals surface area contributed by atoms with Gasteiger partial charge in [-0.3, -0.25) is 4.79 Å². The lowest BCUT2D eigenvalue weighted by Crippen LogP contribution is -2.32. The van der Waals surface area contributed by atoms with Gasteiger partial charge in [0, 0.05) is 11.1 Å². The molecule has 3 aromatic carbocycles. The van der Waals surface area contributed by atoms with Crippen molar-refractivity contribution in [3.05, 3.63) is 106 Å². The van der Waals surface area contributed by atoms with Crippen molar-refractivity contribution in [3.8, 4) is 28.1 Å². The first-order valence-corrected chi connectivity index (χ1v) is 10.6. The Bertz CT molecular complexity index is 1300. The van der Waals surface area contributed by atoms with Gasteiger partial charge >= 0.3 is 5.97 Å². The van der Waals surface area contributed by atoms with Gasteiger partial charge in [0.2, 0.25) is 0 Å². The number of carbonyl (C=O) groups is 1. The molecule has 0 amide bonds. The van der Waals surface area contributed by atoms with Gasteiger partial charge in [0.15, 0.2) is 0 Å². The van der Waals surface area contributed by atoms with Crippen LogP contribution in [-0.2, 0) is 11.3 Å². The van der Waals surface area contributed by atoms with Crippen LogP contribution in [-0.4, -0.2) is 29.5 Å². The Labute approximate surface area is 192 Å². The summed E-state index contributed by atoms with van der Waals surface area (Å²) in [4.78, 5) is 26.2. The van der Waals surface area contributed by atoms with Gasteiger partial charge in [0.25, 0.3) is 5.56 Å². The molecule has 1 aromatic heterocycles. The highest BCUT2D eigenvalue weighted by Gasteiger charge is 2.25. The first kappa shape index (κ1) is 22.0. The minimum atomic E-state index is -0.702. The van der Waals surface area contributed by atoms with Gasteiger partial charge in [-0.1, -0.05) is 78.4 Å². The van der Waals surface area contributed by atoms with Gasteiger partial charge in [-0.05, 0) is 24.6 Å². The zero-order valence-electron chi connectivity index (χ0n) is 18.5. The quantitative estimate of drug-likeness (QED) is 0.388. The average molecular weight is 440 g/mol. The third-order valence-corrected chi connectivity index (χ3v) is 5.25. The van der Waals surface area contributed by atoms with E-state index in [4.69, 9.17) is 9.47 Å². The second kappa shape index (κ2) is 9.96. The van der Waals surface area contributed by atoms with Gasteiger partial charge in [0.1, 0.15) is 17.9 Å². The maximum atomic E-state index is 13.4. The molecule has 0 N–H and O–H groups in total. The number of hydrogen-bond acceptors (Lipinski definition) is 5. The van der Waals surface area contributed by atoms with E-state index in [1.165, 1.54) is 11.8 Å². The first-order valence-electron chi connectivity index (χ1n) is 10.6. The Morgan fingerprint density at radius 1 is 0.879 bits per heavy atom. The third kappa shape index (κ3) is 4.85. The lowest BCUT2D eigenvalue weighted by Gasteiger charge is -2.16. The van der Waals surface area contributed by atoms with E-state index in [-0.39, 0.29) is 18.7 Å². The molecule has 0 fully saturated rings. The molecule has 0 spiro atoms. The van der Waals surface area contributed by atoms with E-state index in [0.29, 0.717) is 22.6 Å².